The first kappa shape index (κ1) is 32.5. The van der Waals surface area contributed by atoms with Crippen molar-refractivity contribution in [3.05, 3.63) is 178 Å². The normalized spacial score (nSPS) is 19.3. The quantitative estimate of drug-likeness (QED) is 0.177. The lowest BCUT2D eigenvalue weighted by molar-refractivity contribution is 0.414. The number of aliphatic imine (C=N–C) groups is 1. The molecule has 0 aliphatic carbocycles. The minimum atomic E-state index is 0.828. The van der Waals surface area contributed by atoms with Crippen molar-refractivity contribution in [3.63, 3.8) is 0 Å². The number of allylic oxidation sites excluding steroid dienone is 4. The van der Waals surface area contributed by atoms with E-state index >= 15 is 0 Å². The zero-order chi connectivity index (χ0) is 34.4. The van der Waals surface area contributed by atoms with E-state index in [1.165, 1.54) is 34.2 Å². The van der Waals surface area contributed by atoms with Crippen LogP contribution in [-0.4, -0.2) is 24.9 Å². The zero-order valence-electron chi connectivity index (χ0n) is 28.0. The number of methoxy groups -OCH3 is 2. The van der Waals surface area contributed by atoms with Gasteiger partial charge in [-0.1, -0.05) is 36.4 Å². The van der Waals surface area contributed by atoms with Gasteiger partial charge >= 0.3 is 0 Å². The summed E-state index contributed by atoms with van der Waals surface area (Å²) in [6.45, 7) is 4.47. The molecule has 3 aromatic carbocycles. The topological polar surface area (TPSA) is 46.6 Å². The summed E-state index contributed by atoms with van der Waals surface area (Å²) in [6.07, 6.45) is 4.31. The minimum absolute atomic E-state index is 0.828. The number of fused-ring (bicyclic) bond motifs is 7. The van der Waals surface area contributed by atoms with E-state index in [-0.39, 0.29) is 0 Å². The average molecular weight is 801 g/mol. The third-order valence-corrected chi connectivity index (χ3v) is 12.4. The highest BCUT2D eigenvalue weighted by Gasteiger charge is 2.21. The number of benzene rings is 3. The van der Waals surface area contributed by atoms with E-state index in [0.29, 0.717) is 0 Å². The highest BCUT2D eigenvalue weighted by Crippen LogP contribution is 2.41. The van der Waals surface area contributed by atoms with Crippen molar-refractivity contribution in [1.82, 2.24) is 4.98 Å². The first-order valence-electron chi connectivity index (χ1n) is 16.3. The molecule has 246 valence electrons. The number of hydrogen-bond donors (Lipinski definition) is 1. The molecule has 0 spiro atoms. The number of rotatable bonds is 5. The molecule has 5 heterocycles. The van der Waals surface area contributed by atoms with Crippen molar-refractivity contribution in [1.29, 1.82) is 0 Å². The van der Waals surface area contributed by atoms with E-state index in [4.69, 9.17) is 14.5 Å². The summed E-state index contributed by atoms with van der Waals surface area (Å²) >= 11 is 6.00. The average Bonchev–Trinajstić information content (AvgIpc) is 3.99. The molecule has 0 amide bonds. The van der Waals surface area contributed by atoms with E-state index in [9.17, 15) is 0 Å². The van der Waals surface area contributed by atoms with E-state index in [1.54, 1.807) is 14.2 Å². The standard InChI is InChI=1S/C43H33IN2O2S2/c1-25-26(2)38-22-24-40(50-38)43(29-9-15-32(48-4)16-10-29)36-20-18-34(46-36)41(27-5-11-30(44)12-6-27)33-17-19-35(45-33)42(39-23-21-37(25)49-39)28-7-13-31(47-3)14-8-28/h5-24,45H,1-4H3/b26-25-,37-25?,38-26?,41-33-,41-34?,42-35-,42-39?,43-36-,43-40?. The molecule has 0 radical (unpaired) electrons. The molecule has 4 nitrogen and oxygen atoms in total. The second-order valence-electron chi connectivity index (χ2n) is 12.2. The lowest BCUT2D eigenvalue weighted by Crippen LogP contribution is -2.19. The van der Waals surface area contributed by atoms with Crippen molar-refractivity contribution < 1.29 is 9.47 Å². The maximum absolute atomic E-state index is 5.51. The van der Waals surface area contributed by atoms with Crippen LogP contribution in [0.15, 0.2) is 132 Å². The lowest BCUT2D eigenvalue weighted by atomic mass is 10.0. The van der Waals surface area contributed by atoms with Crippen LogP contribution in [0.2, 0.25) is 0 Å². The van der Waals surface area contributed by atoms with Gasteiger partial charge in [-0.25, -0.2) is 4.99 Å². The number of thiophene rings is 2. The van der Waals surface area contributed by atoms with Crippen molar-refractivity contribution in [2.24, 2.45) is 4.99 Å². The second-order valence-corrected chi connectivity index (χ2v) is 15.6. The fourth-order valence-electron chi connectivity index (χ4n) is 6.46. The Labute approximate surface area is 313 Å². The van der Waals surface area contributed by atoms with Gasteiger partial charge in [0.1, 0.15) is 11.5 Å². The smallest absolute Gasteiger partial charge is 0.118 e. The van der Waals surface area contributed by atoms with Crippen molar-refractivity contribution >= 4 is 78.8 Å². The Kier molecular flexibility index (Phi) is 8.81. The summed E-state index contributed by atoms with van der Waals surface area (Å²) in [4.78, 5) is 14.1. The van der Waals surface area contributed by atoms with Gasteiger partial charge in [0, 0.05) is 50.5 Å². The Morgan fingerprint density at radius 3 is 1.54 bits per heavy atom. The second kappa shape index (κ2) is 13.5. The predicted octanol–water partition coefficient (Wildman–Crippen LogP) is 9.94. The third-order valence-electron chi connectivity index (χ3n) is 9.27. The van der Waals surface area contributed by atoms with Gasteiger partial charge in [0.05, 0.1) is 25.6 Å². The molecule has 50 heavy (non-hydrogen) atoms. The molecular formula is C43H33IN2O2S2. The van der Waals surface area contributed by atoms with Gasteiger partial charge in [0.25, 0.3) is 0 Å². The van der Waals surface area contributed by atoms with Gasteiger partial charge in [0.15, 0.2) is 0 Å². The molecular weight excluding hydrogens is 768 g/mol. The number of nitrogens with zero attached hydrogens (tertiary/aromatic N) is 1. The number of nitrogens with one attached hydrogen (secondary N) is 1. The van der Waals surface area contributed by atoms with Crippen molar-refractivity contribution in [2.75, 3.05) is 14.2 Å². The highest BCUT2D eigenvalue weighted by molar-refractivity contribution is 14.1. The Morgan fingerprint density at radius 2 is 0.980 bits per heavy atom. The molecule has 0 atom stereocenters. The predicted molar refractivity (Wildman–Crippen MR) is 219 cm³/mol. The van der Waals surface area contributed by atoms with Crippen molar-refractivity contribution in [3.8, 4) is 11.5 Å². The van der Waals surface area contributed by atoms with Gasteiger partial charge < -0.3 is 14.5 Å². The monoisotopic (exact) mass is 800 g/mol. The summed E-state index contributed by atoms with van der Waals surface area (Å²) in [7, 11) is 3.41. The molecule has 6 aromatic rings. The molecule has 2 aliphatic rings. The molecule has 2 aliphatic heterocycles. The number of hydrogen-bond acceptors (Lipinski definition) is 5. The van der Waals surface area contributed by atoms with Crippen LogP contribution in [0.4, 0.5) is 0 Å². The molecule has 8 rings (SSSR count). The maximum atomic E-state index is 5.51. The van der Waals surface area contributed by atoms with Crippen LogP contribution in [0.25, 0.3) is 27.9 Å². The largest absolute Gasteiger partial charge is 0.497 e. The molecule has 0 saturated heterocycles. The Hall–Kier alpha value is -4.70. The molecule has 3 aromatic heterocycles. The number of ether oxygens (including phenoxy) is 2. The van der Waals surface area contributed by atoms with Gasteiger partial charge in [-0.2, -0.15) is 0 Å². The summed E-state index contributed by atoms with van der Waals surface area (Å²) in [5, 5.41) is 2.05. The number of aromatic nitrogens is 1. The lowest BCUT2D eigenvalue weighted by Gasteiger charge is -2.10. The van der Waals surface area contributed by atoms with Crippen LogP contribution in [0.5, 0.6) is 11.5 Å². The zero-order valence-corrected chi connectivity index (χ0v) is 31.8. The van der Waals surface area contributed by atoms with Crippen molar-refractivity contribution in [2.45, 2.75) is 13.8 Å². The summed E-state index contributed by atoms with van der Waals surface area (Å²) in [5.74, 6) is 1.66. The van der Waals surface area contributed by atoms with Gasteiger partial charge in [-0.15, -0.1) is 22.7 Å². The third kappa shape index (κ3) is 6.04. The van der Waals surface area contributed by atoms with Crippen LogP contribution in [0.3, 0.4) is 0 Å². The molecule has 0 saturated carbocycles. The molecule has 0 unspecified atom stereocenters. The minimum Gasteiger partial charge on any atom is -0.497 e. The van der Waals surface area contributed by atoms with E-state index in [1.807, 2.05) is 46.9 Å². The van der Waals surface area contributed by atoms with Gasteiger partial charge in [0.2, 0.25) is 0 Å². The van der Waals surface area contributed by atoms with Crippen LogP contribution in [0, 0.1) is 3.57 Å². The molecule has 7 heteroatoms. The first-order chi connectivity index (χ1) is 24.4. The Bertz CT molecular complexity index is 2510. The van der Waals surface area contributed by atoms with E-state index in [0.717, 1.165) is 67.0 Å². The van der Waals surface area contributed by atoms with Crippen LogP contribution >= 0.6 is 45.3 Å². The Morgan fingerprint density at radius 1 is 0.520 bits per heavy atom. The molecule has 8 bridgehead atoms. The van der Waals surface area contributed by atoms with Crippen LogP contribution in [-0.2, 0) is 0 Å². The van der Waals surface area contributed by atoms with Crippen LogP contribution in [0.1, 0.15) is 50.0 Å². The van der Waals surface area contributed by atoms with E-state index < -0.39 is 0 Å². The van der Waals surface area contributed by atoms with Gasteiger partial charge in [-0.05, 0) is 149 Å². The number of H-pyrrole nitrogens is 1. The Balaban J connectivity index is 1.46. The number of aromatic amines is 1. The fourth-order valence-corrected chi connectivity index (χ4v) is 9.11. The molecule has 0 fully saturated rings. The SMILES string of the molecule is COc1ccc(/C2=C3\C=CC(=N3)/C(c3ccc(I)cc3)=c3/cc/c([nH]3)=C(\c3ccc(OC)cc3)c3ccc(s3)/C(C)=C(/C)c3ccc2s3)cc1. The fraction of sp³-hybridized carbons (Fsp3) is 0.0930. The maximum Gasteiger partial charge on any atom is 0.118 e. The highest BCUT2D eigenvalue weighted by atomic mass is 127. The summed E-state index contributed by atoms with van der Waals surface area (Å²) in [5.41, 5.74) is 11.0. The summed E-state index contributed by atoms with van der Waals surface area (Å²) < 4.78 is 12.2. The number of halogens is 1. The molecule has 1 N–H and O–H groups in total. The van der Waals surface area contributed by atoms with E-state index in [2.05, 4.69) is 139 Å². The van der Waals surface area contributed by atoms with Gasteiger partial charge in [-0.3, -0.25) is 0 Å². The summed E-state index contributed by atoms with van der Waals surface area (Å²) in [6, 6.07) is 38.7. The van der Waals surface area contributed by atoms with Crippen LogP contribution < -0.4 is 20.2 Å². The first-order valence-corrected chi connectivity index (χ1v) is 19.0.